The number of nitrogens with zero attached hydrogens (tertiary/aromatic N) is 1. The molecule has 1 aromatic carbocycles. The predicted octanol–water partition coefficient (Wildman–Crippen LogP) is 4.72. The molecule has 112 valence electrons. The molecule has 1 fully saturated rings. The van der Waals surface area contributed by atoms with E-state index in [9.17, 15) is 0 Å². The van der Waals surface area contributed by atoms with Gasteiger partial charge in [0.05, 0.1) is 0 Å². The lowest BCUT2D eigenvalue weighted by molar-refractivity contribution is 0.424. The maximum absolute atomic E-state index is 3.61. The van der Waals surface area contributed by atoms with E-state index in [-0.39, 0.29) is 5.54 Å². The third kappa shape index (κ3) is 3.98. The van der Waals surface area contributed by atoms with E-state index in [2.05, 4.69) is 72.0 Å². The van der Waals surface area contributed by atoms with Gasteiger partial charge in [-0.2, -0.15) is 0 Å². The van der Waals surface area contributed by atoms with Gasteiger partial charge in [-0.25, -0.2) is 0 Å². The monoisotopic (exact) mass is 338 g/mol. The lowest BCUT2D eigenvalue weighted by Crippen LogP contribution is -2.36. The van der Waals surface area contributed by atoms with Gasteiger partial charge in [0.25, 0.3) is 0 Å². The van der Waals surface area contributed by atoms with Gasteiger partial charge in [-0.05, 0) is 63.8 Å². The summed E-state index contributed by atoms with van der Waals surface area (Å²) in [4.78, 5) is 2.60. The highest BCUT2D eigenvalue weighted by atomic mass is 79.9. The number of rotatable bonds is 4. The quantitative estimate of drug-likeness (QED) is 0.854. The number of benzene rings is 1. The molecule has 0 aromatic heterocycles. The van der Waals surface area contributed by atoms with E-state index in [1.54, 1.807) is 0 Å². The SMILES string of the molecule is CCC1CCCN1c1ccc(Br)cc1CNC(C)(C)C. The van der Waals surface area contributed by atoms with Crippen LogP contribution in [0.15, 0.2) is 22.7 Å². The fraction of sp³-hybridized carbons (Fsp3) is 0.647. The van der Waals surface area contributed by atoms with Crippen LogP contribution in [0.4, 0.5) is 5.69 Å². The summed E-state index contributed by atoms with van der Waals surface area (Å²) < 4.78 is 1.17. The molecule has 0 bridgehead atoms. The van der Waals surface area contributed by atoms with Crippen LogP contribution in [0.5, 0.6) is 0 Å². The van der Waals surface area contributed by atoms with Crippen molar-refractivity contribution in [3.05, 3.63) is 28.2 Å². The lowest BCUT2D eigenvalue weighted by Gasteiger charge is -2.30. The maximum Gasteiger partial charge on any atom is 0.0415 e. The first-order chi connectivity index (χ1) is 9.40. The number of halogens is 1. The number of hydrogen-bond donors (Lipinski definition) is 1. The van der Waals surface area contributed by atoms with E-state index in [1.165, 1.54) is 41.5 Å². The Kier molecular flexibility index (Phi) is 5.14. The molecule has 0 amide bonds. The zero-order valence-corrected chi connectivity index (χ0v) is 14.8. The van der Waals surface area contributed by atoms with Crippen LogP contribution in [0.2, 0.25) is 0 Å². The van der Waals surface area contributed by atoms with Crippen LogP contribution >= 0.6 is 15.9 Å². The van der Waals surface area contributed by atoms with Crippen molar-refractivity contribution in [3.8, 4) is 0 Å². The predicted molar refractivity (Wildman–Crippen MR) is 91.4 cm³/mol. The highest BCUT2D eigenvalue weighted by Gasteiger charge is 2.25. The molecule has 1 N–H and O–H groups in total. The Balaban J connectivity index is 2.23. The number of hydrogen-bond acceptors (Lipinski definition) is 2. The van der Waals surface area contributed by atoms with Crippen molar-refractivity contribution in [3.63, 3.8) is 0 Å². The summed E-state index contributed by atoms with van der Waals surface area (Å²) >= 11 is 3.61. The summed E-state index contributed by atoms with van der Waals surface area (Å²) in [5.74, 6) is 0. The molecule has 1 aromatic rings. The minimum Gasteiger partial charge on any atom is -0.368 e. The first-order valence-corrected chi connectivity index (χ1v) is 8.50. The highest BCUT2D eigenvalue weighted by Crippen LogP contribution is 2.32. The van der Waals surface area contributed by atoms with E-state index in [1.807, 2.05) is 0 Å². The van der Waals surface area contributed by atoms with Gasteiger partial charge in [-0.15, -0.1) is 0 Å². The highest BCUT2D eigenvalue weighted by molar-refractivity contribution is 9.10. The van der Waals surface area contributed by atoms with Crippen molar-refractivity contribution in [1.29, 1.82) is 0 Å². The fourth-order valence-corrected chi connectivity index (χ4v) is 3.32. The maximum atomic E-state index is 3.61. The molecule has 1 atom stereocenters. The molecule has 1 aliphatic rings. The largest absolute Gasteiger partial charge is 0.368 e. The summed E-state index contributed by atoms with van der Waals surface area (Å²) in [5, 5.41) is 3.61. The molecule has 2 rings (SSSR count). The van der Waals surface area contributed by atoms with Crippen LogP contribution in [-0.2, 0) is 6.54 Å². The average Bonchev–Trinajstić information content (AvgIpc) is 2.83. The first-order valence-electron chi connectivity index (χ1n) is 7.71. The Morgan fingerprint density at radius 3 is 2.75 bits per heavy atom. The van der Waals surface area contributed by atoms with Crippen molar-refractivity contribution in [1.82, 2.24) is 5.32 Å². The summed E-state index contributed by atoms with van der Waals surface area (Å²) in [6.07, 6.45) is 3.89. The van der Waals surface area contributed by atoms with Gasteiger partial charge in [0.15, 0.2) is 0 Å². The minimum atomic E-state index is 0.148. The van der Waals surface area contributed by atoms with Gasteiger partial charge >= 0.3 is 0 Å². The Hall–Kier alpha value is -0.540. The summed E-state index contributed by atoms with van der Waals surface area (Å²) in [7, 11) is 0. The second-order valence-electron chi connectivity index (χ2n) is 6.77. The zero-order valence-electron chi connectivity index (χ0n) is 13.2. The van der Waals surface area contributed by atoms with Crippen LogP contribution in [0.1, 0.15) is 52.5 Å². The molecule has 2 nitrogen and oxygen atoms in total. The van der Waals surface area contributed by atoms with Crippen LogP contribution in [0.25, 0.3) is 0 Å². The van der Waals surface area contributed by atoms with E-state index >= 15 is 0 Å². The van der Waals surface area contributed by atoms with Gasteiger partial charge in [0.2, 0.25) is 0 Å². The summed E-state index contributed by atoms with van der Waals surface area (Å²) in [6, 6.07) is 7.42. The fourth-order valence-electron chi connectivity index (χ4n) is 2.91. The molecule has 1 aliphatic heterocycles. The van der Waals surface area contributed by atoms with E-state index in [0.717, 1.165) is 6.54 Å². The molecular weight excluding hydrogens is 312 g/mol. The van der Waals surface area contributed by atoms with Gasteiger partial charge in [-0.1, -0.05) is 22.9 Å². The first kappa shape index (κ1) is 15.8. The normalized spacial score (nSPS) is 19.6. The third-order valence-electron chi connectivity index (χ3n) is 4.01. The van der Waals surface area contributed by atoms with E-state index in [0.29, 0.717) is 6.04 Å². The molecule has 20 heavy (non-hydrogen) atoms. The molecule has 1 unspecified atom stereocenters. The second kappa shape index (κ2) is 6.48. The Morgan fingerprint density at radius 1 is 1.35 bits per heavy atom. The summed E-state index contributed by atoms with van der Waals surface area (Å²) in [6.45, 7) is 11.1. The van der Waals surface area contributed by atoms with Gasteiger partial charge < -0.3 is 10.2 Å². The van der Waals surface area contributed by atoms with Gasteiger partial charge in [0.1, 0.15) is 0 Å². The van der Waals surface area contributed by atoms with Gasteiger partial charge in [-0.3, -0.25) is 0 Å². The van der Waals surface area contributed by atoms with Crippen LogP contribution < -0.4 is 10.2 Å². The molecule has 0 saturated carbocycles. The Morgan fingerprint density at radius 2 is 2.10 bits per heavy atom. The van der Waals surface area contributed by atoms with Crippen LogP contribution in [0.3, 0.4) is 0 Å². The minimum absolute atomic E-state index is 0.148. The summed E-state index contributed by atoms with van der Waals surface area (Å²) in [5.41, 5.74) is 2.96. The lowest BCUT2D eigenvalue weighted by atomic mass is 10.1. The molecular formula is C17H27BrN2. The Labute approximate surface area is 132 Å². The molecule has 3 heteroatoms. The third-order valence-corrected chi connectivity index (χ3v) is 4.50. The standard InChI is InChI=1S/C17H27BrN2/c1-5-15-7-6-10-20(15)16-9-8-14(18)11-13(16)12-19-17(2,3)4/h8-9,11,15,19H,5-7,10,12H2,1-4H3. The topological polar surface area (TPSA) is 15.3 Å². The molecule has 1 saturated heterocycles. The van der Waals surface area contributed by atoms with E-state index < -0.39 is 0 Å². The second-order valence-corrected chi connectivity index (χ2v) is 7.69. The van der Waals surface area contributed by atoms with Crippen LogP contribution in [-0.4, -0.2) is 18.1 Å². The van der Waals surface area contributed by atoms with Crippen molar-refractivity contribution in [2.75, 3.05) is 11.4 Å². The van der Waals surface area contributed by atoms with Crippen molar-refractivity contribution in [2.45, 2.75) is 65.1 Å². The average molecular weight is 339 g/mol. The Bertz CT molecular complexity index is 451. The van der Waals surface area contributed by atoms with Gasteiger partial charge in [0, 0.05) is 34.8 Å². The number of nitrogens with one attached hydrogen (secondary N) is 1. The molecule has 0 radical (unpaired) electrons. The number of anilines is 1. The van der Waals surface area contributed by atoms with Crippen molar-refractivity contribution in [2.24, 2.45) is 0 Å². The molecule has 0 aliphatic carbocycles. The van der Waals surface area contributed by atoms with Crippen molar-refractivity contribution >= 4 is 21.6 Å². The van der Waals surface area contributed by atoms with Crippen molar-refractivity contribution < 1.29 is 0 Å². The zero-order chi connectivity index (χ0) is 14.8. The molecule has 1 heterocycles. The van der Waals surface area contributed by atoms with E-state index in [4.69, 9.17) is 0 Å². The van der Waals surface area contributed by atoms with Crippen LogP contribution in [0, 0.1) is 0 Å². The molecule has 0 spiro atoms. The smallest absolute Gasteiger partial charge is 0.0415 e.